The average molecular weight is 368 g/mol. The molecular formula is C18H24O8. The fraction of sp³-hybridized carbons (Fsp3) is 0.500. The van der Waals surface area contributed by atoms with E-state index in [1.807, 2.05) is 6.92 Å². The number of hydrogen-bond donors (Lipinski definition) is 0. The standard InChI is InChI=1S/C18H24O8/c1-6-18(2,3)17(21)26-14-8-12(15(19)24-10-22-4)7-13(9-14)16(20)25-11-23-5/h7-9H,6,10-11H2,1-5H3. The van der Waals surface area contributed by atoms with E-state index >= 15 is 0 Å². The van der Waals surface area contributed by atoms with Gasteiger partial charge in [0.25, 0.3) is 0 Å². The summed E-state index contributed by atoms with van der Waals surface area (Å²) in [5, 5.41) is 0. The molecule has 0 aliphatic heterocycles. The summed E-state index contributed by atoms with van der Waals surface area (Å²) in [5.41, 5.74) is -0.680. The first-order valence-electron chi connectivity index (χ1n) is 7.94. The number of esters is 3. The summed E-state index contributed by atoms with van der Waals surface area (Å²) in [6, 6.07) is 3.90. The lowest BCUT2D eigenvalue weighted by molar-refractivity contribution is -0.144. The summed E-state index contributed by atoms with van der Waals surface area (Å²) in [5.74, 6) is -1.92. The fourth-order valence-corrected chi connectivity index (χ4v) is 1.67. The number of methoxy groups -OCH3 is 2. The van der Waals surface area contributed by atoms with Crippen molar-refractivity contribution in [1.82, 2.24) is 0 Å². The lowest BCUT2D eigenvalue weighted by atomic mass is 9.91. The summed E-state index contributed by atoms with van der Waals surface area (Å²) in [7, 11) is 2.73. The third kappa shape index (κ3) is 6.12. The molecule has 0 aliphatic rings. The Bertz CT molecular complexity index is 612. The second-order valence-electron chi connectivity index (χ2n) is 6.05. The predicted molar refractivity (Wildman–Crippen MR) is 90.7 cm³/mol. The summed E-state index contributed by atoms with van der Waals surface area (Å²) in [4.78, 5) is 36.4. The SMILES string of the molecule is CCC(C)(C)C(=O)Oc1cc(C(=O)OCOC)cc(C(=O)OCOC)c1. The molecule has 26 heavy (non-hydrogen) atoms. The third-order valence-electron chi connectivity index (χ3n) is 3.64. The largest absolute Gasteiger partial charge is 0.435 e. The van der Waals surface area contributed by atoms with Gasteiger partial charge < -0.3 is 23.7 Å². The third-order valence-corrected chi connectivity index (χ3v) is 3.64. The molecule has 0 radical (unpaired) electrons. The molecule has 0 N–H and O–H groups in total. The highest BCUT2D eigenvalue weighted by atomic mass is 16.7. The maximum absolute atomic E-state index is 12.3. The van der Waals surface area contributed by atoms with Crippen LogP contribution >= 0.6 is 0 Å². The number of carbonyl (C=O) groups is 3. The van der Waals surface area contributed by atoms with Gasteiger partial charge in [0.1, 0.15) is 5.75 Å². The van der Waals surface area contributed by atoms with Crippen LogP contribution in [0.1, 0.15) is 47.9 Å². The van der Waals surface area contributed by atoms with Crippen LogP contribution in [0.25, 0.3) is 0 Å². The van der Waals surface area contributed by atoms with Gasteiger partial charge in [-0.15, -0.1) is 0 Å². The molecule has 0 spiro atoms. The normalized spacial score (nSPS) is 11.0. The minimum Gasteiger partial charge on any atom is -0.435 e. The van der Waals surface area contributed by atoms with Crippen LogP contribution in [0.4, 0.5) is 0 Å². The van der Waals surface area contributed by atoms with E-state index in [0.29, 0.717) is 6.42 Å². The Hall–Kier alpha value is -2.45. The molecule has 1 rings (SSSR count). The number of hydrogen-bond acceptors (Lipinski definition) is 8. The quantitative estimate of drug-likeness (QED) is 0.373. The fourth-order valence-electron chi connectivity index (χ4n) is 1.67. The monoisotopic (exact) mass is 368 g/mol. The first kappa shape index (κ1) is 21.6. The number of rotatable bonds is 9. The maximum Gasteiger partial charge on any atom is 0.340 e. The van der Waals surface area contributed by atoms with Gasteiger partial charge >= 0.3 is 17.9 Å². The van der Waals surface area contributed by atoms with Crippen LogP contribution in [0.15, 0.2) is 18.2 Å². The zero-order valence-electron chi connectivity index (χ0n) is 15.6. The van der Waals surface area contributed by atoms with Crippen LogP contribution in [0, 0.1) is 5.41 Å². The molecule has 144 valence electrons. The molecule has 0 amide bonds. The molecule has 0 saturated carbocycles. The molecule has 0 saturated heterocycles. The van der Waals surface area contributed by atoms with Gasteiger partial charge in [-0.25, -0.2) is 9.59 Å². The lowest BCUT2D eigenvalue weighted by Gasteiger charge is -2.20. The molecule has 0 heterocycles. The summed E-state index contributed by atoms with van der Waals surface area (Å²) in [6.07, 6.45) is 0.560. The van der Waals surface area contributed by atoms with Crippen molar-refractivity contribution in [3.05, 3.63) is 29.3 Å². The molecule has 0 aromatic heterocycles. The average Bonchev–Trinajstić information content (AvgIpc) is 2.63. The van der Waals surface area contributed by atoms with Crippen molar-refractivity contribution < 1.29 is 38.1 Å². The topological polar surface area (TPSA) is 97.4 Å². The van der Waals surface area contributed by atoms with E-state index in [2.05, 4.69) is 9.47 Å². The second kappa shape index (κ2) is 9.88. The summed E-state index contributed by atoms with van der Waals surface area (Å²) >= 11 is 0. The van der Waals surface area contributed by atoms with E-state index in [1.54, 1.807) is 13.8 Å². The van der Waals surface area contributed by atoms with Gasteiger partial charge in [0.2, 0.25) is 0 Å². The van der Waals surface area contributed by atoms with E-state index in [1.165, 1.54) is 32.4 Å². The highest BCUT2D eigenvalue weighted by Gasteiger charge is 2.28. The highest BCUT2D eigenvalue weighted by Crippen LogP contribution is 2.25. The van der Waals surface area contributed by atoms with Crippen LogP contribution in [0.3, 0.4) is 0 Å². The zero-order chi connectivity index (χ0) is 19.7. The van der Waals surface area contributed by atoms with Gasteiger partial charge in [-0.05, 0) is 38.5 Å². The predicted octanol–water partition coefficient (Wildman–Crippen LogP) is 2.55. The Balaban J connectivity index is 3.16. The Morgan fingerprint density at radius 3 is 1.73 bits per heavy atom. The molecule has 0 unspecified atom stereocenters. The van der Waals surface area contributed by atoms with Crippen molar-refractivity contribution in [2.24, 2.45) is 5.41 Å². The molecule has 0 aliphatic carbocycles. The van der Waals surface area contributed by atoms with Crippen LogP contribution in [0.5, 0.6) is 5.75 Å². The van der Waals surface area contributed by atoms with Crippen LogP contribution in [-0.2, 0) is 23.7 Å². The van der Waals surface area contributed by atoms with Crippen molar-refractivity contribution in [2.75, 3.05) is 27.8 Å². The smallest absolute Gasteiger partial charge is 0.340 e. The summed E-state index contributed by atoms with van der Waals surface area (Å²) in [6.45, 7) is 4.82. The molecule has 0 bridgehead atoms. The van der Waals surface area contributed by atoms with E-state index in [0.717, 1.165) is 0 Å². The number of carbonyl (C=O) groups excluding carboxylic acids is 3. The van der Waals surface area contributed by atoms with Crippen LogP contribution in [0.2, 0.25) is 0 Å². The van der Waals surface area contributed by atoms with Gasteiger partial charge in [0.15, 0.2) is 13.6 Å². The van der Waals surface area contributed by atoms with Crippen molar-refractivity contribution >= 4 is 17.9 Å². The van der Waals surface area contributed by atoms with Crippen molar-refractivity contribution in [3.63, 3.8) is 0 Å². The number of benzene rings is 1. The van der Waals surface area contributed by atoms with Gasteiger partial charge in [-0.3, -0.25) is 4.79 Å². The van der Waals surface area contributed by atoms with Crippen molar-refractivity contribution in [3.8, 4) is 5.75 Å². The first-order chi connectivity index (χ1) is 12.2. The number of ether oxygens (including phenoxy) is 5. The van der Waals surface area contributed by atoms with E-state index in [-0.39, 0.29) is 30.5 Å². The molecule has 1 aromatic rings. The second-order valence-corrected chi connectivity index (χ2v) is 6.05. The van der Waals surface area contributed by atoms with E-state index < -0.39 is 23.3 Å². The Kier molecular flexibility index (Phi) is 8.21. The minimum absolute atomic E-state index is 0.0195. The minimum atomic E-state index is -0.736. The van der Waals surface area contributed by atoms with Crippen LogP contribution in [-0.4, -0.2) is 45.7 Å². The molecule has 8 nitrogen and oxygen atoms in total. The van der Waals surface area contributed by atoms with Crippen molar-refractivity contribution in [1.29, 1.82) is 0 Å². The Morgan fingerprint density at radius 2 is 1.35 bits per heavy atom. The van der Waals surface area contributed by atoms with E-state index in [9.17, 15) is 14.4 Å². The van der Waals surface area contributed by atoms with Gasteiger partial charge in [-0.1, -0.05) is 6.92 Å². The van der Waals surface area contributed by atoms with Gasteiger partial charge in [-0.2, -0.15) is 0 Å². The molecule has 1 aromatic carbocycles. The van der Waals surface area contributed by atoms with Gasteiger partial charge in [0.05, 0.1) is 16.5 Å². The molecule has 0 atom stereocenters. The molecule has 8 heteroatoms. The zero-order valence-corrected chi connectivity index (χ0v) is 15.6. The van der Waals surface area contributed by atoms with E-state index in [4.69, 9.17) is 14.2 Å². The lowest BCUT2D eigenvalue weighted by Crippen LogP contribution is -2.28. The van der Waals surface area contributed by atoms with Gasteiger partial charge in [0, 0.05) is 14.2 Å². The Labute approximate surface area is 152 Å². The molecular weight excluding hydrogens is 344 g/mol. The highest BCUT2D eigenvalue weighted by molar-refractivity contribution is 5.96. The Morgan fingerprint density at radius 1 is 0.885 bits per heavy atom. The molecule has 0 fully saturated rings. The first-order valence-corrected chi connectivity index (χ1v) is 7.94. The van der Waals surface area contributed by atoms with Crippen LogP contribution < -0.4 is 4.74 Å². The maximum atomic E-state index is 12.3. The summed E-state index contributed by atoms with van der Waals surface area (Å²) < 4.78 is 24.4. The van der Waals surface area contributed by atoms with Crippen molar-refractivity contribution in [2.45, 2.75) is 27.2 Å².